The quantitative estimate of drug-likeness (QED) is 0.515. The van der Waals surface area contributed by atoms with E-state index >= 15 is 0 Å². The summed E-state index contributed by atoms with van der Waals surface area (Å²) in [7, 11) is 0. The monoisotopic (exact) mass is 264 g/mol. The molecule has 1 fully saturated rings. The van der Waals surface area contributed by atoms with Gasteiger partial charge in [0.15, 0.2) is 0 Å². The van der Waals surface area contributed by atoms with Crippen LogP contribution in [0.4, 0.5) is 0 Å². The molecule has 3 unspecified atom stereocenters. The molecule has 0 radical (unpaired) electrons. The van der Waals surface area contributed by atoms with Crippen molar-refractivity contribution >= 4 is 5.97 Å². The zero-order valence-electron chi connectivity index (χ0n) is 13.1. The summed E-state index contributed by atoms with van der Waals surface area (Å²) in [6.45, 7) is 10.6. The van der Waals surface area contributed by atoms with E-state index in [1.165, 1.54) is 18.4 Å². The fourth-order valence-corrected chi connectivity index (χ4v) is 4.41. The van der Waals surface area contributed by atoms with E-state index in [2.05, 4.69) is 33.8 Å². The molecule has 19 heavy (non-hydrogen) atoms. The Balaban J connectivity index is 2.37. The maximum atomic E-state index is 11.6. The van der Waals surface area contributed by atoms with Gasteiger partial charge < -0.3 is 4.74 Å². The van der Waals surface area contributed by atoms with Gasteiger partial charge in [0.2, 0.25) is 0 Å². The van der Waals surface area contributed by atoms with Gasteiger partial charge in [-0.05, 0) is 38.5 Å². The van der Waals surface area contributed by atoms with Crippen molar-refractivity contribution in [2.24, 2.45) is 16.7 Å². The van der Waals surface area contributed by atoms with E-state index in [1.807, 2.05) is 0 Å². The van der Waals surface area contributed by atoms with Crippen molar-refractivity contribution in [2.75, 3.05) is 0 Å². The first-order valence-electron chi connectivity index (χ1n) is 7.61. The van der Waals surface area contributed by atoms with Crippen LogP contribution in [-0.4, -0.2) is 12.1 Å². The fourth-order valence-electron chi connectivity index (χ4n) is 4.41. The lowest BCUT2D eigenvalue weighted by atomic mass is 9.53. The number of esters is 1. The first-order chi connectivity index (χ1) is 8.78. The Morgan fingerprint density at radius 3 is 2.63 bits per heavy atom. The molecule has 2 nitrogen and oxygen atoms in total. The van der Waals surface area contributed by atoms with Crippen molar-refractivity contribution < 1.29 is 9.53 Å². The molecule has 0 aromatic heterocycles. The van der Waals surface area contributed by atoms with Crippen molar-refractivity contribution in [3.8, 4) is 0 Å². The van der Waals surface area contributed by atoms with Crippen LogP contribution in [0.15, 0.2) is 11.6 Å². The SMILES string of the molecule is CC(=O)OC1C(C)(C)CCCC12CC=C(C)CC2C. The zero-order chi connectivity index (χ0) is 14.3. The summed E-state index contributed by atoms with van der Waals surface area (Å²) in [4.78, 5) is 11.6. The van der Waals surface area contributed by atoms with Gasteiger partial charge >= 0.3 is 5.97 Å². The molecule has 0 saturated heterocycles. The highest BCUT2D eigenvalue weighted by atomic mass is 16.5. The first-order valence-corrected chi connectivity index (χ1v) is 7.61. The molecule has 0 heterocycles. The Kier molecular flexibility index (Phi) is 3.81. The van der Waals surface area contributed by atoms with Gasteiger partial charge in [-0.25, -0.2) is 0 Å². The molecule has 2 heteroatoms. The zero-order valence-corrected chi connectivity index (χ0v) is 13.1. The van der Waals surface area contributed by atoms with Crippen LogP contribution < -0.4 is 0 Å². The van der Waals surface area contributed by atoms with Crippen molar-refractivity contribution in [1.82, 2.24) is 0 Å². The molecule has 0 aromatic rings. The van der Waals surface area contributed by atoms with Crippen LogP contribution in [0.5, 0.6) is 0 Å². The topological polar surface area (TPSA) is 26.3 Å². The molecule has 0 amide bonds. The third kappa shape index (κ3) is 2.59. The minimum atomic E-state index is -0.127. The summed E-state index contributed by atoms with van der Waals surface area (Å²) < 4.78 is 5.84. The average molecular weight is 264 g/mol. The third-order valence-electron chi connectivity index (χ3n) is 5.42. The van der Waals surface area contributed by atoms with Crippen LogP contribution in [0.2, 0.25) is 0 Å². The Morgan fingerprint density at radius 2 is 2.05 bits per heavy atom. The number of hydrogen-bond acceptors (Lipinski definition) is 2. The van der Waals surface area contributed by atoms with Crippen LogP contribution in [0.25, 0.3) is 0 Å². The van der Waals surface area contributed by atoms with E-state index in [1.54, 1.807) is 6.92 Å². The lowest BCUT2D eigenvalue weighted by Crippen LogP contribution is -2.54. The van der Waals surface area contributed by atoms with Gasteiger partial charge in [-0.1, -0.05) is 38.8 Å². The minimum Gasteiger partial charge on any atom is -0.461 e. The Morgan fingerprint density at radius 1 is 1.37 bits per heavy atom. The number of ether oxygens (including phenoxy) is 1. The van der Waals surface area contributed by atoms with Crippen LogP contribution >= 0.6 is 0 Å². The average Bonchev–Trinajstić information content (AvgIpc) is 2.28. The Bertz CT molecular complexity index is 394. The summed E-state index contributed by atoms with van der Waals surface area (Å²) in [6.07, 6.45) is 8.25. The molecular weight excluding hydrogens is 236 g/mol. The molecule has 2 rings (SSSR count). The molecule has 0 N–H and O–H groups in total. The summed E-state index contributed by atoms with van der Waals surface area (Å²) in [5, 5.41) is 0. The van der Waals surface area contributed by atoms with Crippen molar-refractivity contribution in [1.29, 1.82) is 0 Å². The lowest BCUT2D eigenvalue weighted by molar-refractivity contribution is -0.180. The van der Waals surface area contributed by atoms with E-state index in [0.717, 1.165) is 19.3 Å². The smallest absolute Gasteiger partial charge is 0.302 e. The van der Waals surface area contributed by atoms with Crippen LogP contribution in [0.1, 0.15) is 66.7 Å². The van der Waals surface area contributed by atoms with Crippen molar-refractivity contribution in [3.63, 3.8) is 0 Å². The largest absolute Gasteiger partial charge is 0.461 e. The van der Waals surface area contributed by atoms with Crippen LogP contribution in [-0.2, 0) is 9.53 Å². The number of hydrogen-bond donors (Lipinski definition) is 0. The summed E-state index contributed by atoms with van der Waals surface area (Å²) in [5.74, 6) is 0.472. The highest BCUT2D eigenvalue weighted by Crippen LogP contribution is 2.56. The standard InChI is InChI=1S/C17H28O2/c1-12-7-10-17(13(2)11-12)9-6-8-16(4,5)15(17)19-14(3)18/h7,13,15H,6,8-11H2,1-5H3. The summed E-state index contributed by atoms with van der Waals surface area (Å²) in [5.41, 5.74) is 1.74. The van der Waals surface area contributed by atoms with E-state index in [4.69, 9.17) is 4.74 Å². The predicted molar refractivity (Wildman–Crippen MR) is 77.8 cm³/mol. The molecule has 2 aliphatic rings. The predicted octanol–water partition coefficient (Wildman–Crippen LogP) is 4.49. The molecular formula is C17H28O2. The minimum absolute atomic E-state index is 0.0607. The van der Waals surface area contributed by atoms with Gasteiger partial charge in [0.1, 0.15) is 6.10 Å². The Labute approximate surface area is 117 Å². The van der Waals surface area contributed by atoms with Gasteiger partial charge in [-0.3, -0.25) is 4.79 Å². The number of rotatable bonds is 1. The van der Waals surface area contributed by atoms with E-state index in [0.29, 0.717) is 5.92 Å². The fraction of sp³-hybridized carbons (Fsp3) is 0.824. The molecule has 1 spiro atoms. The van der Waals surface area contributed by atoms with Gasteiger partial charge in [-0.15, -0.1) is 0 Å². The van der Waals surface area contributed by atoms with Crippen molar-refractivity contribution in [2.45, 2.75) is 72.8 Å². The van der Waals surface area contributed by atoms with Crippen molar-refractivity contribution in [3.05, 3.63) is 11.6 Å². The van der Waals surface area contributed by atoms with Gasteiger partial charge in [0.25, 0.3) is 0 Å². The number of carbonyl (C=O) groups excluding carboxylic acids is 1. The number of allylic oxidation sites excluding steroid dienone is 2. The van der Waals surface area contributed by atoms with Crippen LogP contribution in [0.3, 0.4) is 0 Å². The highest BCUT2D eigenvalue weighted by Gasteiger charge is 2.54. The maximum absolute atomic E-state index is 11.6. The van der Waals surface area contributed by atoms with Gasteiger partial charge in [0, 0.05) is 17.8 Å². The molecule has 3 atom stereocenters. The number of carbonyl (C=O) groups is 1. The Hall–Kier alpha value is -0.790. The maximum Gasteiger partial charge on any atom is 0.302 e. The van der Waals surface area contributed by atoms with E-state index < -0.39 is 0 Å². The molecule has 1 saturated carbocycles. The lowest BCUT2D eigenvalue weighted by Gasteiger charge is -2.55. The highest BCUT2D eigenvalue weighted by molar-refractivity contribution is 5.66. The molecule has 0 aliphatic heterocycles. The summed E-state index contributed by atoms with van der Waals surface area (Å²) in [6, 6.07) is 0. The third-order valence-corrected chi connectivity index (χ3v) is 5.42. The van der Waals surface area contributed by atoms with E-state index in [9.17, 15) is 4.79 Å². The van der Waals surface area contributed by atoms with Crippen LogP contribution in [0, 0.1) is 16.7 Å². The van der Waals surface area contributed by atoms with E-state index in [-0.39, 0.29) is 22.9 Å². The summed E-state index contributed by atoms with van der Waals surface area (Å²) >= 11 is 0. The second-order valence-corrected chi connectivity index (χ2v) is 7.42. The molecule has 2 aliphatic carbocycles. The first kappa shape index (κ1) is 14.6. The van der Waals surface area contributed by atoms with Gasteiger partial charge in [-0.2, -0.15) is 0 Å². The second-order valence-electron chi connectivity index (χ2n) is 7.42. The molecule has 108 valence electrons. The normalized spacial score (nSPS) is 37.8. The molecule has 0 aromatic carbocycles. The van der Waals surface area contributed by atoms with Gasteiger partial charge in [0.05, 0.1) is 0 Å². The second kappa shape index (κ2) is 4.96. The molecule has 0 bridgehead atoms.